The number of hydrogen-bond acceptors (Lipinski definition) is 5. The average molecular weight is 281 g/mol. The lowest BCUT2D eigenvalue weighted by atomic mass is 10.1. The third-order valence-corrected chi connectivity index (χ3v) is 3.65. The van der Waals surface area contributed by atoms with Gasteiger partial charge in [0, 0.05) is 19.1 Å². The number of ether oxygens (including phenoxy) is 1. The number of morpholine rings is 1. The largest absolute Gasteiger partial charge is 0.493 e. The predicted molar refractivity (Wildman–Crippen MR) is 75.9 cm³/mol. The number of aromatic nitrogens is 2. The molecule has 0 bridgehead atoms. The van der Waals surface area contributed by atoms with E-state index in [1.807, 2.05) is 6.92 Å². The van der Waals surface area contributed by atoms with Crippen LogP contribution in [0.15, 0.2) is 4.79 Å². The number of nitrogens with one attached hydrogen (secondary N) is 1. The Labute approximate surface area is 118 Å². The summed E-state index contributed by atoms with van der Waals surface area (Å²) >= 11 is 0. The second-order valence-electron chi connectivity index (χ2n) is 5.45. The summed E-state index contributed by atoms with van der Waals surface area (Å²) in [5, 5.41) is 9.91. The Morgan fingerprint density at radius 1 is 1.55 bits per heavy atom. The monoisotopic (exact) mass is 281 g/mol. The zero-order chi connectivity index (χ0) is 14.7. The van der Waals surface area contributed by atoms with E-state index in [-0.39, 0.29) is 17.5 Å². The molecule has 0 aliphatic carbocycles. The van der Waals surface area contributed by atoms with Crippen LogP contribution in [0, 0.1) is 0 Å². The van der Waals surface area contributed by atoms with E-state index in [4.69, 9.17) is 4.74 Å². The molecule has 0 aromatic carbocycles. The normalized spacial score (nSPS) is 20.5. The quantitative estimate of drug-likeness (QED) is 0.867. The van der Waals surface area contributed by atoms with Gasteiger partial charge in [0.15, 0.2) is 0 Å². The fourth-order valence-electron chi connectivity index (χ4n) is 2.43. The summed E-state index contributed by atoms with van der Waals surface area (Å²) in [5.74, 6) is 0.244. The van der Waals surface area contributed by atoms with Crippen LogP contribution in [-0.2, 0) is 11.2 Å². The van der Waals surface area contributed by atoms with Crippen LogP contribution in [0.1, 0.15) is 44.7 Å². The van der Waals surface area contributed by atoms with Crippen molar-refractivity contribution in [1.82, 2.24) is 14.9 Å². The molecule has 1 aromatic heterocycles. The molecule has 6 heteroatoms. The fourth-order valence-corrected chi connectivity index (χ4v) is 2.43. The van der Waals surface area contributed by atoms with E-state index in [1.165, 1.54) is 0 Å². The van der Waals surface area contributed by atoms with Crippen molar-refractivity contribution in [2.24, 2.45) is 0 Å². The van der Waals surface area contributed by atoms with Crippen LogP contribution < -0.4 is 5.56 Å². The van der Waals surface area contributed by atoms with Crippen molar-refractivity contribution in [3.63, 3.8) is 0 Å². The van der Waals surface area contributed by atoms with Gasteiger partial charge in [0.25, 0.3) is 5.56 Å². The van der Waals surface area contributed by atoms with Gasteiger partial charge >= 0.3 is 0 Å². The molecule has 1 aromatic rings. The third kappa shape index (κ3) is 3.19. The molecule has 1 aliphatic heterocycles. The highest BCUT2D eigenvalue weighted by molar-refractivity contribution is 5.23. The van der Waals surface area contributed by atoms with Gasteiger partial charge in [0.05, 0.1) is 12.2 Å². The van der Waals surface area contributed by atoms with E-state index in [2.05, 4.69) is 28.7 Å². The van der Waals surface area contributed by atoms with Crippen molar-refractivity contribution in [3.8, 4) is 5.88 Å². The summed E-state index contributed by atoms with van der Waals surface area (Å²) < 4.78 is 5.67. The highest BCUT2D eigenvalue weighted by Crippen LogP contribution is 2.22. The van der Waals surface area contributed by atoms with Crippen molar-refractivity contribution in [2.45, 2.75) is 45.8 Å². The minimum Gasteiger partial charge on any atom is -0.493 e. The van der Waals surface area contributed by atoms with Crippen molar-refractivity contribution in [3.05, 3.63) is 21.7 Å². The lowest BCUT2D eigenvalue weighted by Crippen LogP contribution is -2.43. The van der Waals surface area contributed by atoms with Crippen molar-refractivity contribution in [2.75, 3.05) is 19.7 Å². The van der Waals surface area contributed by atoms with Gasteiger partial charge in [0.2, 0.25) is 5.88 Å². The molecule has 0 radical (unpaired) electrons. The Hall–Kier alpha value is -1.40. The van der Waals surface area contributed by atoms with Crippen molar-refractivity contribution >= 4 is 0 Å². The average Bonchev–Trinajstić information content (AvgIpc) is 2.42. The Morgan fingerprint density at radius 3 is 2.90 bits per heavy atom. The third-order valence-electron chi connectivity index (χ3n) is 3.65. The maximum Gasteiger partial charge on any atom is 0.258 e. The molecule has 20 heavy (non-hydrogen) atoms. The van der Waals surface area contributed by atoms with E-state index < -0.39 is 0 Å². The van der Waals surface area contributed by atoms with Crippen LogP contribution in [0.25, 0.3) is 0 Å². The molecule has 1 atom stereocenters. The summed E-state index contributed by atoms with van der Waals surface area (Å²) in [5.41, 5.74) is 0.0902. The Morgan fingerprint density at radius 2 is 2.30 bits per heavy atom. The molecule has 1 fully saturated rings. The molecule has 2 rings (SSSR count). The minimum atomic E-state index is -0.291. The van der Waals surface area contributed by atoms with Crippen LogP contribution in [-0.4, -0.2) is 45.7 Å². The smallest absolute Gasteiger partial charge is 0.258 e. The van der Waals surface area contributed by atoms with Gasteiger partial charge in [-0.2, -0.15) is 4.98 Å². The first kappa shape index (κ1) is 15.0. The molecule has 2 N–H and O–H groups in total. The van der Waals surface area contributed by atoms with Crippen molar-refractivity contribution < 1.29 is 9.84 Å². The van der Waals surface area contributed by atoms with E-state index in [0.717, 1.165) is 13.0 Å². The lowest BCUT2D eigenvalue weighted by Gasteiger charge is -2.34. The van der Waals surface area contributed by atoms with Gasteiger partial charge < -0.3 is 14.8 Å². The number of aromatic amines is 1. The standard InChI is InChI=1S/C14H23N3O3/c1-4-5-10-13(18)15-12(16-14(10)19)11-8-17(9(2)3)6-7-20-11/h9,11H,4-8H2,1-3H3,(H2,15,16,18,19). The van der Waals surface area contributed by atoms with Gasteiger partial charge in [-0.05, 0) is 20.3 Å². The van der Waals surface area contributed by atoms with Crippen LogP contribution in [0.5, 0.6) is 5.88 Å². The first-order valence-corrected chi connectivity index (χ1v) is 7.20. The number of hydrogen-bond donors (Lipinski definition) is 2. The molecule has 1 saturated heterocycles. The first-order chi connectivity index (χ1) is 9.52. The summed E-state index contributed by atoms with van der Waals surface area (Å²) in [6.07, 6.45) is 1.03. The van der Waals surface area contributed by atoms with E-state index >= 15 is 0 Å². The van der Waals surface area contributed by atoms with Crippen molar-refractivity contribution in [1.29, 1.82) is 0 Å². The molecule has 0 spiro atoms. The number of rotatable bonds is 4. The minimum absolute atomic E-state index is 0.170. The number of aromatic hydroxyl groups is 1. The van der Waals surface area contributed by atoms with Gasteiger partial charge in [0.1, 0.15) is 11.9 Å². The van der Waals surface area contributed by atoms with Gasteiger partial charge in [-0.3, -0.25) is 9.69 Å². The summed E-state index contributed by atoms with van der Waals surface area (Å²) in [6, 6.07) is 0.418. The zero-order valence-electron chi connectivity index (χ0n) is 12.3. The van der Waals surface area contributed by atoms with Crippen LogP contribution in [0.3, 0.4) is 0 Å². The van der Waals surface area contributed by atoms with E-state index in [1.54, 1.807) is 0 Å². The molecule has 6 nitrogen and oxygen atoms in total. The summed E-state index contributed by atoms with van der Waals surface area (Å²) in [4.78, 5) is 21.1. The van der Waals surface area contributed by atoms with E-state index in [9.17, 15) is 9.90 Å². The second kappa shape index (κ2) is 6.37. The maximum atomic E-state index is 12.0. The van der Waals surface area contributed by atoms with Gasteiger partial charge in [-0.25, -0.2) is 0 Å². The van der Waals surface area contributed by atoms with Crippen LogP contribution in [0.2, 0.25) is 0 Å². The predicted octanol–water partition coefficient (Wildman–Crippen LogP) is 1.21. The molecule has 0 saturated carbocycles. The number of nitrogens with zero attached hydrogens (tertiary/aromatic N) is 2. The molecule has 1 aliphatic rings. The molecule has 112 valence electrons. The molecular weight excluding hydrogens is 258 g/mol. The van der Waals surface area contributed by atoms with Crippen LogP contribution >= 0.6 is 0 Å². The SMILES string of the molecule is CCCc1c(O)nc(C2CN(C(C)C)CCO2)[nH]c1=O. The maximum absolute atomic E-state index is 12.0. The highest BCUT2D eigenvalue weighted by Gasteiger charge is 2.26. The zero-order valence-corrected chi connectivity index (χ0v) is 12.3. The fraction of sp³-hybridized carbons (Fsp3) is 0.714. The topological polar surface area (TPSA) is 78.5 Å². The Kier molecular flexibility index (Phi) is 4.77. The first-order valence-electron chi connectivity index (χ1n) is 7.20. The van der Waals surface area contributed by atoms with Crippen LogP contribution in [0.4, 0.5) is 0 Å². The summed E-state index contributed by atoms with van der Waals surface area (Å²) in [7, 11) is 0. The molecule has 1 unspecified atom stereocenters. The Balaban J connectivity index is 2.23. The molecular formula is C14H23N3O3. The highest BCUT2D eigenvalue weighted by atomic mass is 16.5. The summed E-state index contributed by atoms with van der Waals surface area (Å²) in [6.45, 7) is 8.35. The molecule has 0 amide bonds. The second-order valence-corrected chi connectivity index (χ2v) is 5.45. The molecule has 2 heterocycles. The van der Waals surface area contributed by atoms with Gasteiger partial charge in [-0.15, -0.1) is 0 Å². The van der Waals surface area contributed by atoms with E-state index in [0.29, 0.717) is 37.0 Å². The lowest BCUT2D eigenvalue weighted by molar-refractivity contribution is -0.0446. The van der Waals surface area contributed by atoms with Gasteiger partial charge in [-0.1, -0.05) is 13.3 Å². The number of H-pyrrole nitrogens is 1. The Bertz CT molecular complexity index is 513.